The molecule has 1 aliphatic heterocycles. The van der Waals surface area contributed by atoms with Crippen LogP contribution in [0.4, 0.5) is 4.39 Å². The molecule has 37 heavy (non-hydrogen) atoms. The number of nitrogens with one attached hydrogen (secondary N) is 2. The minimum Gasteiger partial charge on any atom is -0.497 e. The van der Waals surface area contributed by atoms with Crippen LogP contribution in [0.25, 0.3) is 0 Å². The third kappa shape index (κ3) is 4.78. The molecule has 9 nitrogen and oxygen atoms in total. The fourth-order valence-electron chi connectivity index (χ4n) is 4.71. The highest BCUT2D eigenvalue weighted by Crippen LogP contribution is 2.38. The van der Waals surface area contributed by atoms with E-state index in [1.807, 2.05) is 24.3 Å². The molecular weight excluding hydrogens is 477 g/mol. The number of carbonyl (C=O) groups is 3. The van der Waals surface area contributed by atoms with E-state index >= 15 is 0 Å². The maximum Gasteiger partial charge on any atom is 0.274 e. The number of nitrogens with zero attached hydrogens (tertiary/aromatic N) is 3. The summed E-state index contributed by atoms with van der Waals surface area (Å²) < 4.78 is 19.9. The molecule has 3 aromatic rings. The molecule has 1 saturated carbocycles. The molecule has 1 atom stereocenters. The van der Waals surface area contributed by atoms with Gasteiger partial charge in [0.25, 0.3) is 11.8 Å². The molecule has 2 heterocycles. The molecular formula is C27H28FN5O4. The van der Waals surface area contributed by atoms with E-state index in [0.717, 1.165) is 29.7 Å². The van der Waals surface area contributed by atoms with Crippen LogP contribution in [0.1, 0.15) is 51.9 Å². The highest BCUT2D eigenvalue weighted by atomic mass is 19.1. The summed E-state index contributed by atoms with van der Waals surface area (Å²) in [6.07, 6.45) is 3.03. The average Bonchev–Trinajstić information content (AvgIpc) is 3.64. The molecule has 2 N–H and O–H groups in total. The van der Waals surface area contributed by atoms with Crippen LogP contribution in [0.2, 0.25) is 0 Å². The molecule has 5 rings (SSSR count). The lowest BCUT2D eigenvalue weighted by atomic mass is 9.93. The van der Waals surface area contributed by atoms with Crippen molar-refractivity contribution in [2.75, 3.05) is 7.11 Å². The molecule has 0 unspecified atom stereocenters. The Kier molecular flexibility index (Phi) is 6.41. The predicted molar refractivity (Wildman–Crippen MR) is 132 cm³/mol. The van der Waals surface area contributed by atoms with Gasteiger partial charge in [-0.25, -0.2) is 9.37 Å². The normalized spacial score (nSPS) is 18.8. The van der Waals surface area contributed by atoms with E-state index in [4.69, 9.17) is 4.74 Å². The van der Waals surface area contributed by atoms with Crippen molar-refractivity contribution in [2.24, 2.45) is 0 Å². The molecule has 0 saturated heterocycles. The fourth-order valence-corrected chi connectivity index (χ4v) is 4.71. The van der Waals surface area contributed by atoms with Crippen molar-refractivity contribution in [2.45, 2.75) is 51.0 Å². The lowest BCUT2D eigenvalue weighted by Gasteiger charge is -2.44. The largest absolute Gasteiger partial charge is 0.497 e. The number of amides is 3. The number of rotatable bonds is 8. The van der Waals surface area contributed by atoms with Gasteiger partial charge in [0.1, 0.15) is 22.8 Å². The number of hydrogen-bond donors (Lipinski definition) is 2. The van der Waals surface area contributed by atoms with Gasteiger partial charge in [0.15, 0.2) is 5.69 Å². The Balaban J connectivity index is 1.33. The summed E-state index contributed by atoms with van der Waals surface area (Å²) in [5.41, 5.74) is 0.666. The third-order valence-electron chi connectivity index (χ3n) is 6.86. The zero-order valence-electron chi connectivity index (χ0n) is 20.7. The number of benzene rings is 2. The monoisotopic (exact) mass is 505 g/mol. The zero-order chi connectivity index (χ0) is 26.2. The first-order chi connectivity index (χ1) is 17.8. The third-order valence-corrected chi connectivity index (χ3v) is 6.86. The van der Waals surface area contributed by atoms with Gasteiger partial charge in [-0.05, 0) is 55.2 Å². The van der Waals surface area contributed by atoms with Gasteiger partial charge in [-0.3, -0.25) is 14.4 Å². The molecule has 192 valence electrons. The molecule has 1 aromatic heterocycles. The molecule has 1 fully saturated rings. The number of fused-ring (bicyclic) bond motifs is 1. The van der Waals surface area contributed by atoms with Crippen LogP contribution in [0, 0.1) is 5.82 Å². The summed E-state index contributed by atoms with van der Waals surface area (Å²) in [7, 11) is 1.59. The summed E-state index contributed by atoms with van der Waals surface area (Å²) in [5, 5.41) is 5.71. The van der Waals surface area contributed by atoms with Gasteiger partial charge in [-0.1, -0.05) is 24.3 Å². The van der Waals surface area contributed by atoms with E-state index in [-0.39, 0.29) is 48.2 Å². The van der Waals surface area contributed by atoms with Crippen LogP contribution in [0.5, 0.6) is 5.75 Å². The molecule has 2 aliphatic rings. The van der Waals surface area contributed by atoms with E-state index in [1.54, 1.807) is 35.6 Å². The van der Waals surface area contributed by atoms with Gasteiger partial charge in [-0.15, -0.1) is 0 Å². The van der Waals surface area contributed by atoms with E-state index in [9.17, 15) is 18.8 Å². The van der Waals surface area contributed by atoms with Gasteiger partial charge in [0.05, 0.1) is 20.0 Å². The second-order valence-electron chi connectivity index (χ2n) is 9.59. The Morgan fingerprint density at radius 3 is 2.30 bits per heavy atom. The second-order valence-corrected chi connectivity index (χ2v) is 9.59. The van der Waals surface area contributed by atoms with Crippen molar-refractivity contribution in [3.63, 3.8) is 0 Å². The van der Waals surface area contributed by atoms with Crippen molar-refractivity contribution < 1.29 is 23.5 Å². The standard InChI is InChI=1S/C27H28FN5O4/c1-27(26(36)30-14-18-5-11-21(37-2)12-6-18)15-32-16-31-22(23(32)25(35)33(27)20-9-10-20)24(34)29-13-17-3-7-19(28)8-4-17/h3-8,11-12,16,20H,9-10,13-15H2,1-2H3,(H,29,34)(H,30,36)/t27-/m0/s1. The fraction of sp³-hybridized carbons (Fsp3) is 0.333. The van der Waals surface area contributed by atoms with E-state index in [1.165, 1.54) is 18.5 Å². The van der Waals surface area contributed by atoms with Gasteiger partial charge in [0, 0.05) is 19.1 Å². The number of imidazole rings is 1. The van der Waals surface area contributed by atoms with Gasteiger partial charge in [-0.2, -0.15) is 0 Å². The van der Waals surface area contributed by atoms with Crippen molar-refractivity contribution in [3.05, 3.63) is 83.2 Å². The lowest BCUT2D eigenvalue weighted by Crippen LogP contribution is -2.64. The number of carbonyl (C=O) groups excluding carboxylic acids is 3. The number of aromatic nitrogens is 2. The minimum atomic E-state index is -1.14. The number of ether oxygens (including phenoxy) is 1. The summed E-state index contributed by atoms with van der Waals surface area (Å²) in [5.74, 6) is -0.801. The highest BCUT2D eigenvalue weighted by molar-refractivity contribution is 6.07. The summed E-state index contributed by atoms with van der Waals surface area (Å²) >= 11 is 0. The zero-order valence-corrected chi connectivity index (χ0v) is 20.7. The van der Waals surface area contributed by atoms with Crippen molar-refractivity contribution >= 4 is 17.7 Å². The van der Waals surface area contributed by atoms with Gasteiger partial charge in [0.2, 0.25) is 5.91 Å². The van der Waals surface area contributed by atoms with E-state index in [2.05, 4.69) is 15.6 Å². The van der Waals surface area contributed by atoms with Gasteiger partial charge < -0.3 is 24.8 Å². The highest BCUT2D eigenvalue weighted by Gasteiger charge is 2.53. The van der Waals surface area contributed by atoms with Crippen LogP contribution >= 0.6 is 0 Å². The smallest absolute Gasteiger partial charge is 0.274 e. The summed E-state index contributed by atoms with van der Waals surface area (Å²) in [6.45, 7) is 2.40. The molecule has 2 aromatic carbocycles. The van der Waals surface area contributed by atoms with Crippen molar-refractivity contribution in [1.82, 2.24) is 25.1 Å². The van der Waals surface area contributed by atoms with Crippen LogP contribution in [0.3, 0.4) is 0 Å². The predicted octanol–water partition coefficient (Wildman–Crippen LogP) is 2.65. The maximum absolute atomic E-state index is 13.7. The van der Waals surface area contributed by atoms with Gasteiger partial charge >= 0.3 is 0 Å². The maximum atomic E-state index is 13.7. The summed E-state index contributed by atoms with van der Waals surface area (Å²) in [4.78, 5) is 46.0. The Labute approximate surface area is 213 Å². The Morgan fingerprint density at radius 2 is 1.68 bits per heavy atom. The summed E-state index contributed by atoms with van der Waals surface area (Å²) in [6, 6.07) is 13.1. The first-order valence-corrected chi connectivity index (χ1v) is 12.1. The molecule has 10 heteroatoms. The number of hydrogen-bond acceptors (Lipinski definition) is 5. The SMILES string of the molecule is COc1ccc(CNC(=O)[C@]2(C)Cn3cnc(C(=O)NCc4ccc(F)cc4)c3C(=O)N2C2CC2)cc1. The first kappa shape index (κ1) is 24.5. The molecule has 0 radical (unpaired) electrons. The molecule has 3 amide bonds. The molecule has 0 bridgehead atoms. The first-order valence-electron chi connectivity index (χ1n) is 12.1. The van der Waals surface area contributed by atoms with Crippen molar-refractivity contribution in [3.8, 4) is 5.75 Å². The second kappa shape index (κ2) is 9.68. The van der Waals surface area contributed by atoms with Crippen LogP contribution in [-0.4, -0.2) is 50.9 Å². The van der Waals surface area contributed by atoms with Crippen molar-refractivity contribution in [1.29, 1.82) is 0 Å². The Bertz CT molecular complexity index is 1330. The van der Waals surface area contributed by atoms with E-state index in [0.29, 0.717) is 6.54 Å². The average molecular weight is 506 g/mol. The topological polar surface area (TPSA) is 106 Å². The lowest BCUT2D eigenvalue weighted by molar-refractivity contribution is -0.133. The number of methoxy groups -OCH3 is 1. The van der Waals surface area contributed by atoms with Crippen LogP contribution in [0.15, 0.2) is 54.9 Å². The van der Waals surface area contributed by atoms with E-state index < -0.39 is 11.4 Å². The molecule has 1 aliphatic carbocycles. The van der Waals surface area contributed by atoms with Crippen LogP contribution in [-0.2, 0) is 24.4 Å². The molecule has 0 spiro atoms. The Morgan fingerprint density at radius 1 is 1.05 bits per heavy atom. The number of halogens is 1. The van der Waals surface area contributed by atoms with Crippen LogP contribution < -0.4 is 15.4 Å². The quantitative estimate of drug-likeness (QED) is 0.490. The Hall–Kier alpha value is -4.21. The minimum absolute atomic E-state index is 0.0125.